The summed E-state index contributed by atoms with van der Waals surface area (Å²) in [6, 6.07) is 5.65. The van der Waals surface area contributed by atoms with Crippen molar-refractivity contribution < 1.29 is 14.5 Å². The predicted octanol–water partition coefficient (Wildman–Crippen LogP) is 2.65. The number of nitro benzene ring substituents is 1. The summed E-state index contributed by atoms with van der Waals surface area (Å²) in [7, 11) is 0. The average molecular weight is 374 g/mol. The van der Waals surface area contributed by atoms with Crippen LogP contribution in [0.15, 0.2) is 29.6 Å². The van der Waals surface area contributed by atoms with Gasteiger partial charge in [-0.2, -0.15) is 0 Å². The van der Waals surface area contributed by atoms with Crippen molar-refractivity contribution in [1.82, 2.24) is 5.32 Å². The van der Waals surface area contributed by atoms with E-state index in [-0.39, 0.29) is 18.0 Å². The third-order valence-electron chi connectivity index (χ3n) is 4.37. The Bertz CT molecular complexity index is 866. The molecule has 0 spiro atoms. The normalized spacial score (nSPS) is 14.0. The van der Waals surface area contributed by atoms with Gasteiger partial charge in [-0.1, -0.05) is 6.07 Å². The summed E-state index contributed by atoms with van der Waals surface area (Å²) in [6.45, 7) is 2.15. The SMILES string of the molecule is Cc1cc2c(cc1[N+](=O)[O-])N(C(=O)CC(NC(N)=O)c1cccs1)CC2. The fourth-order valence-electron chi connectivity index (χ4n) is 3.17. The Labute approximate surface area is 153 Å². The molecule has 0 fully saturated rings. The number of hydrogen-bond donors (Lipinski definition) is 2. The zero-order chi connectivity index (χ0) is 18.8. The van der Waals surface area contributed by atoms with E-state index in [0.29, 0.717) is 24.2 Å². The molecule has 1 aliphatic rings. The molecule has 9 heteroatoms. The number of rotatable bonds is 5. The van der Waals surface area contributed by atoms with E-state index in [1.54, 1.807) is 17.9 Å². The fraction of sp³-hybridized carbons (Fsp3) is 0.294. The van der Waals surface area contributed by atoms with Gasteiger partial charge in [0.2, 0.25) is 5.91 Å². The Morgan fingerprint density at radius 2 is 2.23 bits per heavy atom. The van der Waals surface area contributed by atoms with Crippen molar-refractivity contribution in [2.24, 2.45) is 5.73 Å². The number of nitrogens with one attached hydrogen (secondary N) is 1. The minimum Gasteiger partial charge on any atom is -0.352 e. The summed E-state index contributed by atoms with van der Waals surface area (Å²) < 4.78 is 0. The quantitative estimate of drug-likeness (QED) is 0.617. The minimum atomic E-state index is -0.704. The Morgan fingerprint density at radius 1 is 1.46 bits per heavy atom. The van der Waals surface area contributed by atoms with E-state index in [0.717, 1.165) is 10.4 Å². The second-order valence-electron chi connectivity index (χ2n) is 6.10. The molecule has 26 heavy (non-hydrogen) atoms. The topological polar surface area (TPSA) is 119 Å². The van der Waals surface area contributed by atoms with Gasteiger partial charge in [0.15, 0.2) is 0 Å². The maximum atomic E-state index is 12.8. The lowest BCUT2D eigenvalue weighted by molar-refractivity contribution is -0.385. The van der Waals surface area contributed by atoms with Crippen LogP contribution in [0.5, 0.6) is 0 Å². The largest absolute Gasteiger partial charge is 0.352 e. The number of nitrogens with zero attached hydrogens (tertiary/aromatic N) is 2. The third kappa shape index (κ3) is 3.52. The van der Waals surface area contributed by atoms with Crippen LogP contribution in [0.1, 0.15) is 28.5 Å². The number of anilines is 1. The number of carbonyl (C=O) groups excluding carboxylic acids is 2. The first-order chi connectivity index (χ1) is 12.4. The van der Waals surface area contributed by atoms with Gasteiger partial charge in [-0.15, -0.1) is 11.3 Å². The monoisotopic (exact) mass is 374 g/mol. The number of benzene rings is 1. The van der Waals surface area contributed by atoms with Crippen LogP contribution in [0.4, 0.5) is 16.2 Å². The van der Waals surface area contributed by atoms with Gasteiger partial charge in [0.1, 0.15) is 0 Å². The Hall–Kier alpha value is -2.94. The van der Waals surface area contributed by atoms with Crippen molar-refractivity contribution >= 4 is 34.6 Å². The lowest BCUT2D eigenvalue weighted by Gasteiger charge is -2.21. The maximum absolute atomic E-state index is 12.8. The molecule has 0 saturated carbocycles. The van der Waals surface area contributed by atoms with E-state index < -0.39 is 17.0 Å². The Kier molecular flexibility index (Phi) is 4.90. The van der Waals surface area contributed by atoms with Crippen LogP contribution in [0.2, 0.25) is 0 Å². The third-order valence-corrected chi connectivity index (χ3v) is 5.36. The first-order valence-corrected chi connectivity index (χ1v) is 8.92. The second-order valence-corrected chi connectivity index (χ2v) is 7.08. The highest BCUT2D eigenvalue weighted by molar-refractivity contribution is 7.10. The Balaban J connectivity index is 1.84. The highest BCUT2D eigenvalue weighted by atomic mass is 32.1. The molecule has 0 radical (unpaired) electrons. The summed E-state index contributed by atoms with van der Waals surface area (Å²) in [4.78, 5) is 37.2. The number of hydrogen-bond acceptors (Lipinski definition) is 5. The molecule has 0 aliphatic carbocycles. The van der Waals surface area contributed by atoms with Crippen LogP contribution in [-0.2, 0) is 11.2 Å². The van der Waals surface area contributed by atoms with Crippen LogP contribution in [0.25, 0.3) is 0 Å². The van der Waals surface area contributed by atoms with Gasteiger partial charge in [0.25, 0.3) is 5.69 Å². The molecule has 1 unspecified atom stereocenters. The van der Waals surface area contributed by atoms with Crippen LogP contribution < -0.4 is 16.0 Å². The Morgan fingerprint density at radius 3 is 2.85 bits per heavy atom. The van der Waals surface area contributed by atoms with Gasteiger partial charge >= 0.3 is 6.03 Å². The molecule has 2 heterocycles. The van der Waals surface area contributed by atoms with Gasteiger partial charge < -0.3 is 16.0 Å². The zero-order valence-corrected chi connectivity index (χ0v) is 14.9. The first kappa shape index (κ1) is 17.9. The molecule has 136 valence electrons. The number of primary amides is 1. The van der Waals surface area contributed by atoms with Crippen LogP contribution in [-0.4, -0.2) is 23.4 Å². The van der Waals surface area contributed by atoms with E-state index in [1.165, 1.54) is 17.4 Å². The molecule has 1 aromatic carbocycles. The zero-order valence-electron chi connectivity index (χ0n) is 14.1. The number of urea groups is 1. The van der Waals surface area contributed by atoms with Crippen molar-refractivity contribution in [1.29, 1.82) is 0 Å². The summed E-state index contributed by atoms with van der Waals surface area (Å²) in [5, 5.41) is 15.6. The van der Waals surface area contributed by atoms with E-state index in [9.17, 15) is 19.7 Å². The summed E-state index contributed by atoms with van der Waals surface area (Å²) in [6.07, 6.45) is 0.678. The molecule has 0 bridgehead atoms. The van der Waals surface area contributed by atoms with Crippen molar-refractivity contribution in [2.75, 3.05) is 11.4 Å². The molecule has 1 aliphatic heterocycles. The van der Waals surface area contributed by atoms with E-state index >= 15 is 0 Å². The van der Waals surface area contributed by atoms with Crippen LogP contribution in [0, 0.1) is 17.0 Å². The lowest BCUT2D eigenvalue weighted by atomic mass is 10.1. The molecule has 1 atom stereocenters. The number of aryl methyl sites for hydroxylation is 1. The highest BCUT2D eigenvalue weighted by Crippen LogP contribution is 2.35. The van der Waals surface area contributed by atoms with E-state index in [1.807, 2.05) is 17.5 Å². The smallest absolute Gasteiger partial charge is 0.312 e. The summed E-state index contributed by atoms with van der Waals surface area (Å²) in [5.41, 5.74) is 7.28. The molecular formula is C17H18N4O4S. The van der Waals surface area contributed by atoms with Gasteiger partial charge in [-0.05, 0) is 36.4 Å². The van der Waals surface area contributed by atoms with Crippen LogP contribution >= 0.6 is 11.3 Å². The molecule has 1 aromatic heterocycles. The summed E-state index contributed by atoms with van der Waals surface area (Å²) >= 11 is 1.42. The average Bonchev–Trinajstić information content (AvgIpc) is 3.22. The standard InChI is InChI=1S/C17H18N4O4S/c1-10-7-11-4-5-20(14(11)9-13(10)21(24)25)16(22)8-12(19-17(18)23)15-3-2-6-26-15/h2-3,6-7,9,12H,4-5,8H2,1H3,(H3,18,19,23). The van der Waals surface area contributed by atoms with Crippen molar-refractivity contribution in [2.45, 2.75) is 25.8 Å². The van der Waals surface area contributed by atoms with Crippen molar-refractivity contribution in [3.63, 3.8) is 0 Å². The maximum Gasteiger partial charge on any atom is 0.312 e. The number of carbonyl (C=O) groups is 2. The van der Waals surface area contributed by atoms with Gasteiger partial charge in [0.05, 0.1) is 23.1 Å². The number of nitro groups is 1. The first-order valence-electron chi connectivity index (χ1n) is 8.04. The molecule has 3 rings (SSSR count). The molecular weight excluding hydrogens is 356 g/mol. The van der Waals surface area contributed by atoms with Crippen LogP contribution in [0.3, 0.4) is 0 Å². The van der Waals surface area contributed by atoms with E-state index in [4.69, 9.17) is 5.73 Å². The number of amides is 3. The number of fused-ring (bicyclic) bond motifs is 1. The molecule has 2 aromatic rings. The fourth-order valence-corrected chi connectivity index (χ4v) is 3.95. The van der Waals surface area contributed by atoms with Crippen molar-refractivity contribution in [3.05, 3.63) is 55.8 Å². The molecule has 3 amide bonds. The van der Waals surface area contributed by atoms with E-state index in [2.05, 4.69) is 5.32 Å². The van der Waals surface area contributed by atoms with Crippen molar-refractivity contribution in [3.8, 4) is 0 Å². The van der Waals surface area contributed by atoms with Gasteiger partial charge in [-0.3, -0.25) is 14.9 Å². The molecule has 0 saturated heterocycles. The summed E-state index contributed by atoms with van der Waals surface area (Å²) in [5.74, 6) is -0.214. The van der Waals surface area contributed by atoms with Gasteiger partial charge in [-0.25, -0.2) is 4.79 Å². The molecule has 3 N–H and O–H groups in total. The van der Waals surface area contributed by atoms with Gasteiger partial charge in [0, 0.05) is 23.1 Å². The lowest BCUT2D eigenvalue weighted by Crippen LogP contribution is -2.37. The number of thiophene rings is 1. The minimum absolute atomic E-state index is 0.00600. The second kappa shape index (κ2) is 7.12. The highest BCUT2D eigenvalue weighted by Gasteiger charge is 2.30. The predicted molar refractivity (Wildman–Crippen MR) is 98.3 cm³/mol. The molecule has 8 nitrogen and oxygen atoms in total. The number of nitrogens with two attached hydrogens (primary N) is 1.